The first kappa shape index (κ1) is 95.4. The quantitative estimate of drug-likeness (QED) is 0.0240. The van der Waals surface area contributed by atoms with Gasteiger partial charge in [-0.25, -0.2) is 4.39 Å². The van der Waals surface area contributed by atoms with Crippen LogP contribution >= 0.6 is 0 Å². The fourth-order valence-corrected chi connectivity index (χ4v) is 17.9. The van der Waals surface area contributed by atoms with Crippen LogP contribution in [-0.2, 0) is 109 Å². The summed E-state index contributed by atoms with van der Waals surface area (Å²) in [6.45, 7) is 21.1. The Morgan fingerprint density at radius 3 is 1.58 bits per heavy atom. The summed E-state index contributed by atoms with van der Waals surface area (Å²) >= 11 is 0. The number of nitrogens with zero attached hydrogens (tertiary/aromatic N) is 2. The van der Waals surface area contributed by atoms with Crippen molar-refractivity contribution in [2.75, 3.05) is 185 Å². The number of nitrogens with two attached hydrogens (primary N) is 1. The van der Waals surface area contributed by atoms with Crippen molar-refractivity contribution in [3.8, 4) is 0 Å². The molecule has 0 unspecified atom stereocenters. The third-order valence-corrected chi connectivity index (χ3v) is 23.8. The van der Waals surface area contributed by atoms with E-state index in [0.717, 1.165) is 59.7 Å². The number of alkyl halides is 6. The minimum Gasteiger partial charge on any atom is -0.462 e. The normalized spacial score (nSPS) is 23.5. The Labute approximate surface area is 668 Å². The maximum absolute atomic E-state index is 14.2. The molecule has 0 radical (unpaired) electrons. The van der Waals surface area contributed by atoms with Crippen molar-refractivity contribution in [2.45, 2.75) is 175 Å². The molecule has 1 saturated heterocycles. The molecule has 5 amide bonds. The predicted octanol–water partition coefficient (Wildman–Crippen LogP) is 10.9. The highest BCUT2D eigenvalue weighted by Crippen LogP contribution is 2.68. The number of primary amides is 1. The number of fused-ring (bicyclic) bond motifs is 5. The highest BCUT2D eigenvalue weighted by molar-refractivity contribution is 6.35. The molecule has 0 bridgehead atoms. The average Bonchev–Trinajstić information content (AvgIpc) is 1.42. The number of nitrogens with one attached hydrogen (secondary N) is 2. The molecule has 0 aromatic heterocycles. The van der Waals surface area contributed by atoms with Gasteiger partial charge in [-0.2, -0.15) is 26.3 Å². The summed E-state index contributed by atoms with van der Waals surface area (Å²) in [6, 6.07) is 3.78. The standard InChI is InChI=1S/C83H128F7N5O19/c1-57(2)9-8-10-58(3)70-15-16-71-68-13-11-61-53-65(17-21-80(61,5)72(68)18-22-81(70,71)6)114-75(97)54-73(76(91)98)93-74(96)20-25-102-27-29-104-31-33-106-35-37-108-39-41-110-43-45-112-47-48-113-46-44-111-42-40-109-38-36-107-34-32-105-30-28-103-26-23-92-77(99)79(101)95-24-19-67(69(56-95)66-14-12-64(84)49-59(66)4)78(100)94(7)55-60-50-62(82(85,86)87)52-63(51-60)83(88,89)90/h12,14,49-52,57-58,61,65,67-73H,8-11,13,15-48,53-56H2,1-7H3,(H2,91,98)(H,92,99)(H,93,96)/t58-,61+,65+,67+,68+,69-,70-,71+,72+,73+,80+,81-/m1/s1. The smallest absolute Gasteiger partial charge is 0.416 e. The zero-order valence-corrected chi connectivity index (χ0v) is 68.1. The maximum Gasteiger partial charge on any atom is 0.416 e. The summed E-state index contributed by atoms with van der Waals surface area (Å²) < 4.78 is 168. The number of likely N-dealkylation sites (tertiary alicyclic amines) is 1. The van der Waals surface area contributed by atoms with Crippen molar-refractivity contribution in [1.82, 2.24) is 20.4 Å². The summed E-state index contributed by atoms with van der Waals surface area (Å²) in [5, 5.41) is 5.10. The molecule has 5 aliphatic rings. The summed E-state index contributed by atoms with van der Waals surface area (Å²) in [5.74, 6) is -1.26. The van der Waals surface area contributed by atoms with Crippen molar-refractivity contribution in [2.24, 2.45) is 63.9 Å². The fraction of sp³-hybridized carbons (Fsp3) is 0.783. The SMILES string of the molecule is Cc1cc(F)ccc1[C@H]1CN(C(=O)C(=O)NCCOCCOCCOCCOCCOCCOCCOCCOCCOCCOCCOCCOCCC(=O)N[C@@H](CC(=O)O[C@H]2CC[C@@]3(C)[C@@H](CC[C@@H]4[C@@H]3CC[C@]3(C)[C@@H]([C@H](C)CCCC(C)C)CC[C@@H]43)C2)C(N)=O)CC[C@@H]1C(=O)N(C)Cc1cc(C(F)(F)F)cc(C(F)(F)F)c1. The molecular weight excluding hydrogens is 1500 g/mol. The van der Waals surface area contributed by atoms with Crippen LogP contribution in [0.15, 0.2) is 36.4 Å². The van der Waals surface area contributed by atoms with Crippen LogP contribution in [0.3, 0.4) is 0 Å². The van der Waals surface area contributed by atoms with Crippen molar-refractivity contribution in [1.29, 1.82) is 0 Å². The third kappa shape index (κ3) is 31.2. The molecule has 4 N–H and O–H groups in total. The van der Waals surface area contributed by atoms with Gasteiger partial charge in [0.2, 0.25) is 17.7 Å². The van der Waals surface area contributed by atoms with Gasteiger partial charge in [-0.1, -0.05) is 59.9 Å². The lowest BCUT2D eigenvalue weighted by atomic mass is 9.44. The number of carbonyl (C=O) groups is 6. The summed E-state index contributed by atoms with van der Waals surface area (Å²) in [7, 11) is 1.25. The topological polar surface area (TPSA) is 279 Å². The number of carbonyl (C=O) groups excluding carboxylic acids is 6. The van der Waals surface area contributed by atoms with Gasteiger partial charge in [0, 0.05) is 51.5 Å². The Hall–Kier alpha value is -5.71. The van der Waals surface area contributed by atoms with E-state index in [-0.39, 0.29) is 89.5 Å². The summed E-state index contributed by atoms with van der Waals surface area (Å²) in [6.07, 6.45) is 3.91. The number of hydrogen-bond donors (Lipinski definition) is 3. The largest absolute Gasteiger partial charge is 0.462 e. The zero-order valence-electron chi connectivity index (χ0n) is 68.1. The van der Waals surface area contributed by atoms with Crippen molar-refractivity contribution in [3.05, 3.63) is 70.0 Å². The highest BCUT2D eigenvalue weighted by Gasteiger charge is 2.61. The van der Waals surface area contributed by atoms with Gasteiger partial charge in [0.1, 0.15) is 18.0 Å². The Morgan fingerprint density at radius 2 is 1.09 bits per heavy atom. The zero-order chi connectivity index (χ0) is 82.7. The number of ether oxygens (including phenoxy) is 13. The second kappa shape index (κ2) is 49.0. The second-order valence-electron chi connectivity index (χ2n) is 32.0. The van der Waals surface area contributed by atoms with Crippen molar-refractivity contribution in [3.63, 3.8) is 0 Å². The number of rotatable bonds is 53. The summed E-state index contributed by atoms with van der Waals surface area (Å²) in [5.41, 5.74) is 3.83. The Morgan fingerprint density at radius 1 is 0.596 bits per heavy atom. The number of benzene rings is 2. The van der Waals surface area contributed by atoms with Crippen LogP contribution in [0.25, 0.3) is 0 Å². The number of halogens is 7. The van der Waals surface area contributed by atoms with Crippen molar-refractivity contribution >= 4 is 35.5 Å². The number of aryl methyl sites for hydroxylation is 1. The van der Waals surface area contributed by atoms with E-state index in [4.69, 9.17) is 67.3 Å². The molecule has 4 saturated carbocycles. The number of amides is 5. The van der Waals surface area contributed by atoms with E-state index in [1.807, 2.05) is 0 Å². The van der Waals surface area contributed by atoms with Gasteiger partial charge in [0.05, 0.1) is 176 Å². The molecule has 12 atom stereocenters. The van der Waals surface area contributed by atoms with E-state index in [2.05, 4.69) is 45.3 Å². The van der Waals surface area contributed by atoms with Crippen molar-refractivity contribution < 1.29 is 121 Å². The molecule has 2 aromatic rings. The van der Waals surface area contributed by atoms with Crippen LogP contribution in [0, 0.1) is 70.9 Å². The van der Waals surface area contributed by atoms with Gasteiger partial charge in [0.15, 0.2) is 0 Å². The predicted molar refractivity (Wildman–Crippen MR) is 408 cm³/mol. The molecule has 7 rings (SSSR count). The Balaban J connectivity index is 0.576. The first-order valence-corrected chi connectivity index (χ1v) is 41.1. The van der Waals surface area contributed by atoms with Crippen LogP contribution in [0.4, 0.5) is 30.7 Å². The van der Waals surface area contributed by atoms with Crippen LogP contribution in [-0.4, -0.2) is 243 Å². The molecule has 1 aliphatic heterocycles. The number of piperidine rings is 1. The number of esters is 1. The van der Waals surface area contributed by atoms with E-state index in [0.29, 0.717) is 160 Å². The molecule has 4 aliphatic carbocycles. The van der Waals surface area contributed by atoms with E-state index >= 15 is 0 Å². The second-order valence-corrected chi connectivity index (χ2v) is 32.0. The summed E-state index contributed by atoms with van der Waals surface area (Å²) in [4.78, 5) is 80.9. The molecule has 648 valence electrons. The fourth-order valence-electron chi connectivity index (χ4n) is 17.9. The van der Waals surface area contributed by atoms with E-state index in [9.17, 15) is 59.5 Å². The lowest BCUT2D eigenvalue weighted by Gasteiger charge is -2.61. The van der Waals surface area contributed by atoms with Gasteiger partial charge in [-0.05, 0) is 170 Å². The Kier molecular flexibility index (Phi) is 41.0. The van der Waals surface area contributed by atoms with Gasteiger partial charge >= 0.3 is 30.1 Å². The maximum atomic E-state index is 14.2. The lowest BCUT2D eigenvalue weighted by Crippen LogP contribution is -2.54. The van der Waals surface area contributed by atoms with Gasteiger partial charge in [-0.15, -0.1) is 0 Å². The molecule has 1 heterocycles. The van der Waals surface area contributed by atoms with Gasteiger partial charge in [0.25, 0.3) is 0 Å². The minimum absolute atomic E-state index is 0.00458. The van der Waals surface area contributed by atoms with E-state index in [1.165, 1.54) is 87.9 Å². The molecule has 0 spiro atoms. The first-order valence-electron chi connectivity index (χ1n) is 41.1. The molecule has 2 aromatic carbocycles. The van der Waals surface area contributed by atoms with E-state index < -0.39 is 94.8 Å². The number of hydrogen-bond acceptors (Lipinski definition) is 19. The van der Waals surface area contributed by atoms with Gasteiger partial charge < -0.3 is 87.7 Å². The monoisotopic (exact) mass is 1630 g/mol. The average molecular weight is 1630 g/mol. The van der Waals surface area contributed by atoms with Crippen LogP contribution in [0.5, 0.6) is 0 Å². The first-order chi connectivity index (χ1) is 54.5. The Bertz CT molecular complexity index is 3200. The molecule has 24 nitrogen and oxygen atoms in total. The van der Waals surface area contributed by atoms with Gasteiger partial charge in [-0.3, -0.25) is 28.8 Å². The molecule has 114 heavy (non-hydrogen) atoms. The lowest BCUT2D eigenvalue weighted by molar-refractivity contribution is -0.163. The minimum atomic E-state index is -5.08. The van der Waals surface area contributed by atoms with Crippen LogP contribution < -0.4 is 16.4 Å². The van der Waals surface area contributed by atoms with Crippen LogP contribution in [0.2, 0.25) is 0 Å². The third-order valence-electron chi connectivity index (χ3n) is 23.8. The highest BCUT2D eigenvalue weighted by atomic mass is 19.4. The molecular formula is C83H128F7N5O19. The van der Waals surface area contributed by atoms with Crippen LogP contribution in [0.1, 0.15) is 165 Å². The molecule has 5 fully saturated rings. The van der Waals surface area contributed by atoms with E-state index in [1.54, 1.807) is 6.92 Å². The molecule has 31 heteroatoms.